The maximum atomic E-state index is 13.4. The fourth-order valence-corrected chi connectivity index (χ4v) is 5.23. The molecule has 0 bridgehead atoms. The minimum Gasteiger partial charge on any atom is -0.354 e. The van der Waals surface area contributed by atoms with Gasteiger partial charge in [0.05, 0.1) is 11.3 Å². The molecule has 0 aromatic heterocycles. The first-order chi connectivity index (χ1) is 20.0. The lowest BCUT2D eigenvalue weighted by Gasteiger charge is -2.19. The molecule has 2 N–H and O–H groups in total. The first kappa shape index (κ1) is 27.9. The van der Waals surface area contributed by atoms with Gasteiger partial charge in [-0.25, -0.2) is 0 Å². The summed E-state index contributed by atoms with van der Waals surface area (Å²) in [5, 5.41) is 6.52. The van der Waals surface area contributed by atoms with E-state index in [2.05, 4.69) is 59.0 Å². The van der Waals surface area contributed by atoms with Gasteiger partial charge in [-0.1, -0.05) is 72.8 Å². The van der Waals surface area contributed by atoms with Crippen LogP contribution in [0.5, 0.6) is 0 Å². The molecule has 4 aromatic rings. The van der Waals surface area contributed by atoms with Crippen molar-refractivity contribution >= 4 is 34.5 Å². The molecule has 1 heterocycles. The van der Waals surface area contributed by atoms with E-state index in [1.807, 2.05) is 74.5 Å². The van der Waals surface area contributed by atoms with Gasteiger partial charge in [-0.15, -0.1) is 0 Å². The van der Waals surface area contributed by atoms with E-state index in [0.717, 1.165) is 29.9 Å². The van der Waals surface area contributed by atoms with Crippen molar-refractivity contribution < 1.29 is 9.59 Å². The largest absolute Gasteiger partial charge is 0.354 e. The Bertz CT molecular complexity index is 1540. The minimum atomic E-state index is -0.196. The van der Waals surface area contributed by atoms with Gasteiger partial charge in [0.1, 0.15) is 0 Å². The molecular formula is C35H36N4O2. The van der Waals surface area contributed by atoms with E-state index in [1.54, 1.807) is 11.0 Å². The Kier molecular flexibility index (Phi) is 8.61. The van der Waals surface area contributed by atoms with E-state index < -0.39 is 0 Å². The first-order valence-corrected chi connectivity index (χ1v) is 14.1. The van der Waals surface area contributed by atoms with Crippen molar-refractivity contribution in [2.24, 2.45) is 0 Å². The van der Waals surface area contributed by atoms with Crippen molar-refractivity contribution in [2.75, 3.05) is 30.8 Å². The minimum absolute atomic E-state index is 0.0430. The summed E-state index contributed by atoms with van der Waals surface area (Å²) in [7, 11) is 2.12. The number of rotatable bonds is 10. The molecular weight excluding hydrogens is 508 g/mol. The van der Waals surface area contributed by atoms with Gasteiger partial charge in [-0.3, -0.25) is 14.5 Å². The highest BCUT2D eigenvalue weighted by atomic mass is 16.2. The highest BCUT2D eigenvalue weighted by molar-refractivity contribution is 6.37. The molecule has 0 spiro atoms. The highest BCUT2D eigenvalue weighted by Gasteiger charge is 2.30. The maximum Gasteiger partial charge on any atom is 0.258 e. The highest BCUT2D eigenvalue weighted by Crippen LogP contribution is 2.38. The van der Waals surface area contributed by atoms with Crippen LogP contribution in [0.15, 0.2) is 103 Å². The maximum absolute atomic E-state index is 13.4. The molecule has 0 fully saturated rings. The lowest BCUT2D eigenvalue weighted by molar-refractivity contribution is -0.110. The molecule has 41 heavy (non-hydrogen) atoms. The van der Waals surface area contributed by atoms with Crippen LogP contribution in [0, 0.1) is 0 Å². The van der Waals surface area contributed by atoms with E-state index in [-0.39, 0.29) is 11.8 Å². The third-order valence-electron chi connectivity index (χ3n) is 7.35. The van der Waals surface area contributed by atoms with E-state index in [0.29, 0.717) is 35.6 Å². The third kappa shape index (κ3) is 6.39. The molecule has 0 atom stereocenters. The third-order valence-corrected chi connectivity index (χ3v) is 7.35. The van der Waals surface area contributed by atoms with Crippen LogP contribution in [-0.4, -0.2) is 41.8 Å². The van der Waals surface area contributed by atoms with Gasteiger partial charge in [0, 0.05) is 48.7 Å². The zero-order chi connectivity index (χ0) is 28.8. The number of nitrogens with one attached hydrogen (secondary N) is 2. The molecule has 6 nitrogen and oxygen atoms in total. The Labute approximate surface area is 242 Å². The zero-order valence-corrected chi connectivity index (χ0v) is 23.9. The average Bonchev–Trinajstić information content (AvgIpc) is 3.32. The van der Waals surface area contributed by atoms with Crippen LogP contribution in [0.25, 0.3) is 11.3 Å². The molecule has 5 rings (SSSR count). The van der Waals surface area contributed by atoms with Crippen LogP contribution in [0.4, 0.5) is 11.4 Å². The molecule has 0 saturated heterocycles. The summed E-state index contributed by atoms with van der Waals surface area (Å²) in [5.41, 5.74) is 7.45. The van der Waals surface area contributed by atoms with Crippen LogP contribution >= 0.6 is 0 Å². The Morgan fingerprint density at radius 2 is 1.37 bits per heavy atom. The molecule has 1 aliphatic heterocycles. The number of carbonyl (C=O) groups is 2. The molecule has 0 unspecified atom stereocenters. The van der Waals surface area contributed by atoms with Gasteiger partial charge in [-0.05, 0) is 67.9 Å². The van der Waals surface area contributed by atoms with Crippen molar-refractivity contribution in [3.63, 3.8) is 0 Å². The van der Waals surface area contributed by atoms with Gasteiger partial charge < -0.3 is 15.5 Å². The van der Waals surface area contributed by atoms with E-state index in [4.69, 9.17) is 0 Å². The molecule has 208 valence electrons. The van der Waals surface area contributed by atoms with E-state index in [9.17, 15) is 9.59 Å². The van der Waals surface area contributed by atoms with Gasteiger partial charge in [-0.2, -0.15) is 0 Å². The van der Waals surface area contributed by atoms with Crippen LogP contribution in [0.1, 0.15) is 46.5 Å². The van der Waals surface area contributed by atoms with Crippen LogP contribution < -0.4 is 10.6 Å². The van der Waals surface area contributed by atoms with Crippen molar-refractivity contribution in [2.45, 2.75) is 26.9 Å². The zero-order valence-electron chi connectivity index (χ0n) is 23.9. The second-order valence-electron chi connectivity index (χ2n) is 10.3. The molecule has 0 saturated carbocycles. The van der Waals surface area contributed by atoms with Crippen LogP contribution in [0.3, 0.4) is 0 Å². The Hall–Kier alpha value is -4.68. The number of fused-ring (bicyclic) bond motifs is 1. The molecule has 6 heteroatoms. The number of anilines is 2. The number of hydrogen-bond acceptors (Lipinski definition) is 4. The summed E-state index contributed by atoms with van der Waals surface area (Å²) < 4.78 is 0. The molecule has 4 aromatic carbocycles. The monoisotopic (exact) mass is 544 g/mol. The number of carbonyl (C=O) groups excluding carboxylic acids is 2. The molecule has 0 aliphatic carbocycles. The fraction of sp³-hybridized carbons (Fsp3) is 0.200. The summed E-state index contributed by atoms with van der Waals surface area (Å²) in [6, 6.07) is 34.0. The first-order valence-electron chi connectivity index (χ1n) is 14.1. The second-order valence-corrected chi connectivity index (χ2v) is 10.3. The van der Waals surface area contributed by atoms with Crippen LogP contribution in [0.2, 0.25) is 0 Å². The quantitative estimate of drug-likeness (QED) is 0.217. The normalized spacial score (nSPS) is 13.5. The summed E-state index contributed by atoms with van der Waals surface area (Å²) in [6.45, 7) is 6.88. The number of amides is 2. The van der Waals surface area contributed by atoms with Crippen molar-refractivity contribution in [1.29, 1.82) is 0 Å². The second kappa shape index (κ2) is 12.7. The predicted molar refractivity (Wildman–Crippen MR) is 167 cm³/mol. The standard InChI is InChI=1S/C35H36N4O2/c1-4-39(5-2)35(41)28-18-21-31-30(22-28)32(34(40)37-31)33(27-14-10-7-11-15-27)36-29-19-16-26(17-20-29)24-38(3)23-25-12-8-6-9-13-25/h6-22,36H,4-5,23-24H2,1-3H3,(H,37,40). The Morgan fingerprint density at radius 1 is 0.756 bits per heavy atom. The van der Waals surface area contributed by atoms with E-state index >= 15 is 0 Å². The van der Waals surface area contributed by atoms with Gasteiger partial charge >= 0.3 is 0 Å². The number of benzene rings is 4. The van der Waals surface area contributed by atoms with Crippen molar-refractivity contribution in [3.05, 3.63) is 131 Å². The van der Waals surface area contributed by atoms with E-state index in [1.165, 1.54) is 11.1 Å². The predicted octanol–water partition coefficient (Wildman–Crippen LogP) is 6.73. The average molecular weight is 545 g/mol. The Balaban J connectivity index is 1.45. The summed E-state index contributed by atoms with van der Waals surface area (Å²) >= 11 is 0. The number of nitrogens with zero attached hydrogens (tertiary/aromatic N) is 2. The van der Waals surface area contributed by atoms with Crippen LogP contribution in [-0.2, 0) is 17.9 Å². The lowest BCUT2D eigenvalue weighted by atomic mass is 9.98. The van der Waals surface area contributed by atoms with Gasteiger partial charge in [0.2, 0.25) is 0 Å². The SMILES string of the molecule is CCN(CC)C(=O)c1ccc2c(c1)C(=C(Nc1ccc(CN(C)Cc3ccccc3)cc1)c1ccccc1)C(=O)N2. The lowest BCUT2D eigenvalue weighted by Crippen LogP contribution is -2.30. The molecule has 0 radical (unpaired) electrons. The van der Waals surface area contributed by atoms with Crippen molar-refractivity contribution in [3.8, 4) is 0 Å². The summed E-state index contributed by atoms with van der Waals surface area (Å²) in [4.78, 5) is 30.6. The topological polar surface area (TPSA) is 64.7 Å². The smallest absolute Gasteiger partial charge is 0.258 e. The van der Waals surface area contributed by atoms with Gasteiger partial charge in [0.15, 0.2) is 0 Å². The molecule has 1 aliphatic rings. The van der Waals surface area contributed by atoms with Crippen molar-refractivity contribution in [1.82, 2.24) is 9.80 Å². The Morgan fingerprint density at radius 3 is 2.00 bits per heavy atom. The summed E-state index contributed by atoms with van der Waals surface area (Å²) in [6.07, 6.45) is 0. The fourth-order valence-electron chi connectivity index (χ4n) is 5.23. The summed E-state index contributed by atoms with van der Waals surface area (Å²) in [5.74, 6) is -0.239. The number of hydrogen-bond donors (Lipinski definition) is 2. The molecule has 2 amide bonds. The van der Waals surface area contributed by atoms with Gasteiger partial charge in [0.25, 0.3) is 11.8 Å².